The second kappa shape index (κ2) is 7.62. The van der Waals surface area contributed by atoms with Gasteiger partial charge in [-0.1, -0.05) is 0 Å². The molecule has 2 N–H and O–H groups in total. The molecule has 0 bridgehead atoms. The lowest BCUT2D eigenvalue weighted by Gasteiger charge is -2.41. The summed E-state index contributed by atoms with van der Waals surface area (Å²) in [7, 11) is 0. The number of nitrogens with zero attached hydrogens (tertiary/aromatic N) is 2. The van der Waals surface area contributed by atoms with Crippen molar-refractivity contribution in [2.75, 3.05) is 39.3 Å². The number of hydrogen-bond acceptors (Lipinski definition) is 5. The van der Waals surface area contributed by atoms with Crippen LogP contribution in [0, 0.1) is 0 Å². The Morgan fingerprint density at radius 3 is 2.27 bits per heavy atom. The van der Waals surface area contributed by atoms with Gasteiger partial charge in [0.25, 0.3) is 0 Å². The lowest BCUT2D eigenvalue weighted by molar-refractivity contribution is -0.0298. The Hall–Kier alpha value is -0.850. The van der Waals surface area contributed by atoms with E-state index >= 15 is 0 Å². The molecule has 1 saturated heterocycles. The molecule has 0 aromatic rings. The van der Waals surface area contributed by atoms with Crippen LogP contribution in [0.4, 0.5) is 4.79 Å². The molecule has 0 saturated carbocycles. The number of nitrogens with two attached hydrogens (primary N) is 1. The zero-order valence-corrected chi connectivity index (χ0v) is 15.0. The van der Waals surface area contributed by atoms with E-state index in [1.54, 1.807) is 4.90 Å². The molecule has 1 rings (SSSR count). The normalized spacial score (nSPS) is 21.0. The van der Waals surface area contributed by atoms with Gasteiger partial charge in [-0.3, -0.25) is 4.90 Å². The van der Waals surface area contributed by atoms with E-state index in [-0.39, 0.29) is 17.7 Å². The number of ether oxygens (including phenoxy) is 2. The Morgan fingerprint density at radius 2 is 1.77 bits per heavy atom. The van der Waals surface area contributed by atoms with E-state index in [9.17, 15) is 4.79 Å². The summed E-state index contributed by atoms with van der Waals surface area (Å²) >= 11 is 0. The van der Waals surface area contributed by atoms with Crippen LogP contribution < -0.4 is 5.73 Å². The van der Waals surface area contributed by atoms with Crippen molar-refractivity contribution in [2.24, 2.45) is 5.73 Å². The molecule has 1 fully saturated rings. The lowest BCUT2D eigenvalue weighted by atomic mass is 10.1. The minimum atomic E-state index is -0.465. The first-order chi connectivity index (χ1) is 10.0. The van der Waals surface area contributed by atoms with E-state index in [1.807, 2.05) is 41.5 Å². The highest BCUT2D eigenvalue weighted by molar-refractivity contribution is 5.68. The van der Waals surface area contributed by atoms with Gasteiger partial charge in [0, 0.05) is 38.8 Å². The summed E-state index contributed by atoms with van der Waals surface area (Å²) in [6, 6.07) is 0.157. The highest BCUT2D eigenvalue weighted by atomic mass is 16.6. The summed E-state index contributed by atoms with van der Waals surface area (Å²) in [6.07, 6.45) is -0.253. The van der Waals surface area contributed by atoms with Gasteiger partial charge in [0.05, 0.1) is 12.2 Å². The van der Waals surface area contributed by atoms with Gasteiger partial charge in [-0.15, -0.1) is 0 Å². The SMILES string of the molecule is CC(C)(C)OCCN1CCN(C(=O)OC(C)(C)C)CC1CN. The predicted molar refractivity (Wildman–Crippen MR) is 87.9 cm³/mol. The van der Waals surface area contributed by atoms with E-state index < -0.39 is 5.60 Å². The Morgan fingerprint density at radius 1 is 1.14 bits per heavy atom. The largest absolute Gasteiger partial charge is 0.444 e. The van der Waals surface area contributed by atoms with Crippen LogP contribution in [-0.2, 0) is 9.47 Å². The average molecular weight is 315 g/mol. The minimum absolute atomic E-state index is 0.128. The highest BCUT2D eigenvalue weighted by Gasteiger charge is 2.31. The van der Waals surface area contributed by atoms with Crippen LogP contribution in [0.2, 0.25) is 0 Å². The minimum Gasteiger partial charge on any atom is -0.444 e. The maximum Gasteiger partial charge on any atom is 0.410 e. The van der Waals surface area contributed by atoms with Crippen LogP contribution in [0.1, 0.15) is 41.5 Å². The van der Waals surface area contributed by atoms with Crippen molar-refractivity contribution >= 4 is 6.09 Å². The van der Waals surface area contributed by atoms with Crippen molar-refractivity contribution < 1.29 is 14.3 Å². The average Bonchev–Trinajstić information content (AvgIpc) is 2.35. The van der Waals surface area contributed by atoms with Gasteiger partial charge in [-0.25, -0.2) is 4.79 Å². The maximum atomic E-state index is 12.1. The molecule has 1 aliphatic rings. The fraction of sp³-hybridized carbons (Fsp3) is 0.938. The number of carbonyl (C=O) groups is 1. The first-order valence-corrected chi connectivity index (χ1v) is 8.08. The number of carbonyl (C=O) groups excluding carboxylic acids is 1. The highest BCUT2D eigenvalue weighted by Crippen LogP contribution is 2.15. The molecule has 0 spiro atoms. The van der Waals surface area contributed by atoms with Gasteiger partial charge in [0.2, 0.25) is 0 Å². The van der Waals surface area contributed by atoms with Crippen molar-refractivity contribution in [3.63, 3.8) is 0 Å². The summed E-state index contributed by atoms with van der Waals surface area (Å²) in [4.78, 5) is 16.2. The van der Waals surface area contributed by atoms with Gasteiger partial charge < -0.3 is 20.1 Å². The summed E-state index contributed by atoms with van der Waals surface area (Å²) in [5.41, 5.74) is 5.29. The molecule has 1 heterocycles. The van der Waals surface area contributed by atoms with Crippen LogP contribution in [0.5, 0.6) is 0 Å². The smallest absolute Gasteiger partial charge is 0.410 e. The van der Waals surface area contributed by atoms with E-state index in [1.165, 1.54) is 0 Å². The van der Waals surface area contributed by atoms with Crippen LogP contribution >= 0.6 is 0 Å². The Balaban J connectivity index is 2.48. The van der Waals surface area contributed by atoms with Crippen molar-refractivity contribution in [1.82, 2.24) is 9.80 Å². The van der Waals surface area contributed by atoms with Gasteiger partial charge in [-0.2, -0.15) is 0 Å². The third-order valence-electron chi connectivity index (χ3n) is 3.44. The number of hydrogen-bond donors (Lipinski definition) is 1. The second-order valence-electron chi connectivity index (χ2n) is 7.81. The third-order valence-corrected chi connectivity index (χ3v) is 3.44. The Bertz CT molecular complexity index is 361. The van der Waals surface area contributed by atoms with E-state index in [2.05, 4.69) is 4.90 Å². The summed E-state index contributed by atoms with van der Waals surface area (Å²) < 4.78 is 11.2. The predicted octanol–water partition coefficient (Wildman–Crippen LogP) is 1.68. The van der Waals surface area contributed by atoms with E-state index in [0.717, 1.165) is 13.1 Å². The molecule has 1 amide bonds. The quantitative estimate of drug-likeness (QED) is 0.855. The Labute approximate surface area is 134 Å². The molecule has 0 radical (unpaired) electrons. The van der Waals surface area contributed by atoms with Crippen LogP contribution in [0.3, 0.4) is 0 Å². The lowest BCUT2D eigenvalue weighted by Crippen LogP contribution is -2.58. The molecular weight excluding hydrogens is 282 g/mol. The second-order valence-corrected chi connectivity index (χ2v) is 7.81. The first-order valence-electron chi connectivity index (χ1n) is 8.08. The van der Waals surface area contributed by atoms with E-state index in [0.29, 0.717) is 26.2 Å². The molecule has 6 heteroatoms. The fourth-order valence-corrected chi connectivity index (χ4v) is 2.37. The van der Waals surface area contributed by atoms with Gasteiger partial charge >= 0.3 is 6.09 Å². The van der Waals surface area contributed by atoms with Gasteiger partial charge in [0.1, 0.15) is 5.60 Å². The Kier molecular flexibility index (Phi) is 6.65. The zero-order valence-electron chi connectivity index (χ0n) is 15.0. The fourth-order valence-electron chi connectivity index (χ4n) is 2.37. The molecule has 1 aliphatic heterocycles. The summed E-state index contributed by atoms with van der Waals surface area (Å²) in [6.45, 7) is 15.9. The monoisotopic (exact) mass is 315 g/mol. The number of rotatable bonds is 4. The molecule has 0 aromatic heterocycles. The summed E-state index contributed by atoms with van der Waals surface area (Å²) in [5, 5.41) is 0. The van der Waals surface area contributed by atoms with E-state index in [4.69, 9.17) is 15.2 Å². The van der Waals surface area contributed by atoms with Crippen LogP contribution in [0.25, 0.3) is 0 Å². The standard InChI is InChI=1S/C16H33N3O3/c1-15(2,3)21-10-9-18-7-8-19(12-13(18)11-17)14(20)22-16(4,5)6/h13H,7-12,17H2,1-6H3. The number of piperazine rings is 1. The van der Waals surface area contributed by atoms with Crippen molar-refractivity contribution in [1.29, 1.82) is 0 Å². The molecule has 0 aliphatic carbocycles. The van der Waals surface area contributed by atoms with Crippen molar-refractivity contribution in [3.8, 4) is 0 Å². The summed E-state index contributed by atoms with van der Waals surface area (Å²) in [5.74, 6) is 0. The van der Waals surface area contributed by atoms with Crippen LogP contribution in [0.15, 0.2) is 0 Å². The first kappa shape index (κ1) is 19.2. The molecule has 22 heavy (non-hydrogen) atoms. The number of amides is 1. The topological polar surface area (TPSA) is 68.0 Å². The third kappa shape index (κ3) is 6.94. The molecule has 1 atom stereocenters. The zero-order chi connectivity index (χ0) is 17.0. The molecule has 0 aromatic carbocycles. The molecule has 6 nitrogen and oxygen atoms in total. The molecule has 130 valence electrons. The van der Waals surface area contributed by atoms with Gasteiger partial charge in [-0.05, 0) is 41.5 Å². The molecule has 1 unspecified atom stereocenters. The van der Waals surface area contributed by atoms with Crippen molar-refractivity contribution in [3.05, 3.63) is 0 Å². The maximum absolute atomic E-state index is 12.1. The van der Waals surface area contributed by atoms with Crippen LogP contribution in [-0.4, -0.2) is 72.5 Å². The van der Waals surface area contributed by atoms with Gasteiger partial charge in [0.15, 0.2) is 0 Å². The molecular formula is C16H33N3O3. The van der Waals surface area contributed by atoms with Crippen molar-refractivity contribution in [2.45, 2.75) is 58.8 Å².